The Labute approximate surface area is 183 Å². The van der Waals surface area contributed by atoms with Crippen molar-refractivity contribution in [2.24, 2.45) is 0 Å². The van der Waals surface area contributed by atoms with Gasteiger partial charge in [0.25, 0.3) is 0 Å². The van der Waals surface area contributed by atoms with Crippen LogP contribution in [-0.2, 0) is 32.7 Å². The summed E-state index contributed by atoms with van der Waals surface area (Å²) >= 11 is 0. The number of amides is 1. The smallest absolute Gasteiger partial charge is 0.455 e. The van der Waals surface area contributed by atoms with Crippen molar-refractivity contribution in [2.75, 3.05) is 11.9 Å². The summed E-state index contributed by atoms with van der Waals surface area (Å²) in [5, 5.41) is 2.70. The van der Waals surface area contributed by atoms with Crippen LogP contribution >= 0.6 is 7.82 Å². The Hall–Kier alpha value is -2.44. The maximum absolute atomic E-state index is 12.3. The molecule has 0 bridgehead atoms. The van der Waals surface area contributed by atoms with Gasteiger partial charge in [0.15, 0.2) is 29.3 Å². The highest BCUT2D eigenvalue weighted by Gasteiger charge is 2.55. The number of imidazole rings is 1. The number of aromatic nitrogens is 4. The van der Waals surface area contributed by atoms with E-state index in [-0.39, 0.29) is 24.8 Å². The van der Waals surface area contributed by atoms with E-state index in [0.717, 1.165) is 0 Å². The van der Waals surface area contributed by atoms with Crippen LogP contribution in [0.15, 0.2) is 12.7 Å². The minimum absolute atomic E-state index is 0.161. The number of phosphoric acid groups is 1. The van der Waals surface area contributed by atoms with Crippen LogP contribution in [0.4, 0.5) is 5.82 Å². The largest absolute Gasteiger partial charge is 0.472 e. The molecule has 2 aromatic rings. The first kappa shape index (κ1) is 22.7. The fraction of sp³-hybridized carbons (Fsp3) is 0.611. The van der Waals surface area contributed by atoms with Crippen LogP contribution < -0.4 is 5.32 Å². The lowest BCUT2D eigenvalue weighted by molar-refractivity contribution is -0.158. The summed E-state index contributed by atoms with van der Waals surface area (Å²) in [6, 6.07) is 0. The van der Waals surface area contributed by atoms with Crippen LogP contribution in [0.3, 0.4) is 0 Å². The Morgan fingerprint density at radius 3 is 2.81 bits per heavy atom. The highest BCUT2D eigenvalue weighted by molar-refractivity contribution is 7.47. The summed E-state index contributed by atoms with van der Waals surface area (Å²) in [4.78, 5) is 46.7. The molecule has 2 aliphatic heterocycles. The molecular weight excluding hydrogens is 445 g/mol. The molecule has 4 heterocycles. The van der Waals surface area contributed by atoms with Gasteiger partial charge in [0.1, 0.15) is 18.5 Å². The lowest BCUT2D eigenvalue weighted by Crippen LogP contribution is -2.41. The summed E-state index contributed by atoms with van der Waals surface area (Å²) in [6.07, 6.45) is 0.639. The molecule has 13 nitrogen and oxygen atoms in total. The molecule has 174 valence electrons. The van der Waals surface area contributed by atoms with E-state index in [1.54, 1.807) is 0 Å². The molecule has 0 aliphatic carbocycles. The fourth-order valence-electron chi connectivity index (χ4n) is 3.64. The van der Waals surface area contributed by atoms with Crippen LogP contribution in [-0.4, -0.2) is 61.2 Å². The molecule has 0 aromatic carbocycles. The number of ether oxygens (including phenoxy) is 2. The first-order valence-corrected chi connectivity index (χ1v) is 11.8. The SMILES string of the molecule is CCCC(=O)Nc1ncnc2c1ncn2[C@H]1O[C@H]2COP(=O)(O)O[C@H]2[C@H]1OC(=O)CCC. The topological polar surface area (TPSA) is 164 Å². The van der Waals surface area contributed by atoms with Crippen LogP contribution in [0.5, 0.6) is 0 Å². The van der Waals surface area contributed by atoms with Crippen molar-refractivity contribution in [3.05, 3.63) is 12.7 Å². The van der Waals surface area contributed by atoms with E-state index in [4.69, 9.17) is 18.5 Å². The third-order valence-electron chi connectivity index (χ3n) is 5.03. The van der Waals surface area contributed by atoms with E-state index in [1.165, 1.54) is 17.2 Å². The highest BCUT2D eigenvalue weighted by atomic mass is 31.2. The van der Waals surface area contributed by atoms with Gasteiger partial charge in [-0.25, -0.2) is 19.5 Å². The molecule has 0 spiro atoms. The Morgan fingerprint density at radius 1 is 1.28 bits per heavy atom. The monoisotopic (exact) mass is 469 g/mol. The Morgan fingerprint density at radius 2 is 2.06 bits per heavy atom. The van der Waals surface area contributed by atoms with Crippen molar-refractivity contribution >= 4 is 36.7 Å². The minimum Gasteiger partial charge on any atom is -0.455 e. The molecule has 2 aromatic heterocycles. The zero-order valence-electron chi connectivity index (χ0n) is 17.5. The molecule has 4 rings (SSSR count). The number of hydrogen-bond acceptors (Lipinski definition) is 10. The Bertz CT molecular complexity index is 1060. The van der Waals surface area contributed by atoms with E-state index in [2.05, 4.69) is 20.3 Å². The molecule has 5 atom stereocenters. The number of carbonyl (C=O) groups is 2. The zero-order chi connectivity index (χ0) is 22.9. The molecule has 32 heavy (non-hydrogen) atoms. The van der Waals surface area contributed by atoms with E-state index < -0.39 is 38.3 Å². The number of fused-ring (bicyclic) bond motifs is 2. The number of esters is 1. The molecular formula is C18H24N5O8P. The van der Waals surface area contributed by atoms with Crippen molar-refractivity contribution in [3.63, 3.8) is 0 Å². The highest BCUT2D eigenvalue weighted by Crippen LogP contribution is 2.53. The summed E-state index contributed by atoms with van der Waals surface area (Å²) in [5.74, 6) is -0.469. The zero-order valence-corrected chi connectivity index (χ0v) is 18.4. The second-order valence-corrected chi connectivity index (χ2v) is 8.85. The van der Waals surface area contributed by atoms with Crippen molar-refractivity contribution in [2.45, 2.75) is 64.1 Å². The molecule has 2 fully saturated rings. The number of hydrogen-bond donors (Lipinski definition) is 2. The van der Waals surface area contributed by atoms with Crippen LogP contribution in [0, 0.1) is 0 Å². The number of anilines is 1. The van der Waals surface area contributed by atoms with E-state index in [0.29, 0.717) is 30.4 Å². The van der Waals surface area contributed by atoms with Crippen LogP contribution in [0.2, 0.25) is 0 Å². The molecule has 0 saturated carbocycles. The van der Waals surface area contributed by atoms with E-state index in [1.807, 2.05) is 13.8 Å². The van der Waals surface area contributed by atoms with Gasteiger partial charge in [-0.1, -0.05) is 13.8 Å². The third-order valence-corrected chi connectivity index (χ3v) is 6.02. The number of rotatable bonds is 7. The number of nitrogens with zero attached hydrogens (tertiary/aromatic N) is 4. The Kier molecular flexibility index (Phi) is 6.54. The number of nitrogens with one attached hydrogen (secondary N) is 1. The fourth-order valence-corrected chi connectivity index (χ4v) is 4.60. The average Bonchev–Trinajstić information content (AvgIpc) is 3.30. The average molecular weight is 469 g/mol. The summed E-state index contributed by atoms with van der Waals surface area (Å²) in [5.41, 5.74) is 0.638. The molecule has 2 aliphatic rings. The summed E-state index contributed by atoms with van der Waals surface area (Å²) in [6.45, 7) is 3.50. The third kappa shape index (κ3) is 4.52. The standard InChI is InChI=1S/C18H24N5O8P/c1-3-5-11(24)22-16-13-17(20-8-19-16)23(9-21-13)18-15(30-12(25)6-4-2)14-10(29-18)7-28-32(26,27)31-14/h8-10,14-15,18H,3-7H2,1-2H3,(H,26,27)(H,19,20,22,24)/t10-,14+,15+,18-/m0/s1. The minimum atomic E-state index is -4.30. The Balaban J connectivity index is 1.68. The van der Waals surface area contributed by atoms with Gasteiger partial charge in [-0.3, -0.25) is 23.2 Å². The number of carbonyl (C=O) groups excluding carboxylic acids is 2. The van der Waals surface area contributed by atoms with Gasteiger partial charge in [0.05, 0.1) is 12.9 Å². The molecule has 0 radical (unpaired) electrons. The van der Waals surface area contributed by atoms with E-state index >= 15 is 0 Å². The molecule has 2 N–H and O–H groups in total. The van der Waals surface area contributed by atoms with Crippen LogP contribution in [0.1, 0.15) is 45.8 Å². The maximum Gasteiger partial charge on any atom is 0.472 e. The predicted octanol–water partition coefficient (Wildman–Crippen LogP) is 1.69. The van der Waals surface area contributed by atoms with Gasteiger partial charge in [0, 0.05) is 12.8 Å². The van der Waals surface area contributed by atoms with Crippen molar-refractivity contribution in [1.29, 1.82) is 0 Å². The predicted molar refractivity (Wildman–Crippen MR) is 108 cm³/mol. The lowest BCUT2D eigenvalue weighted by atomic mass is 10.1. The van der Waals surface area contributed by atoms with Crippen molar-refractivity contribution < 1.29 is 37.6 Å². The first-order valence-electron chi connectivity index (χ1n) is 10.3. The molecule has 2 saturated heterocycles. The van der Waals surface area contributed by atoms with Gasteiger partial charge in [-0.05, 0) is 12.8 Å². The second kappa shape index (κ2) is 9.20. The van der Waals surface area contributed by atoms with Gasteiger partial charge in [-0.2, -0.15) is 0 Å². The summed E-state index contributed by atoms with van der Waals surface area (Å²) in [7, 11) is -4.30. The lowest BCUT2D eigenvalue weighted by Gasteiger charge is -2.29. The van der Waals surface area contributed by atoms with Gasteiger partial charge in [-0.15, -0.1) is 0 Å². The second-order valence-electron chi connectivity index (χ2n) is 7.45. The van der Waals surface area contributed by atoms with Crippen molar-refractivity contribution in [1.82, 2.24) is 19.5 Å². The van der Waals surface area contributed by atoms with Gasteiger partial charge < -0.3 is 19.7 Å². The van der Waals surface area contributed by atoms with Crippen LogP contribution in [0.25, 0.3) is 11.2 Å². The molecule has 1 unspecified atom stereocenters. The van der Waals surface area contributed by atoms with Crippen molar-refractivity contribution in [3.8, 4) is 0 Å². The first-order chi connectivity index (χ1) is 15.3. The number of phosphoric ester groups is 1. The maximum atomic E-state index is 12.3. The quantitative estimate of drug-likeness (QED) is 0.448. The molecule has 14 heteroatoms. The van der Waals surface area contributed by atoms with Gasteiger partial charge >= 0.3 is 13.8 Å². The van der Waals surface area contributed by atoms with Gasteiger partial charge in [0.2, 0.25) is 5.91 Å². The summed E-state index contributed by atoms with van der Waals surface area (Å²) < 4.78 is 35.1. The van der Waals surface area contributed by atoms with E-state index in [9.17, 15) is 19.0 Å². The molecule has 1 amide bonds. The normalized spacial score (nSPS) is 29.6.